The molecule has 20 heavy (non-hydrogen) atoms. The van der Waals surface area contributed by atoms with Crippen LogP contribution in [0.5, 0.6) is 0 Å². The Hall–Kier alpha value is -1.32. The summed E-state index contributed by atoms with van der Waals surface area (Å²) in [6.45, 7) is 10.7. The zero-order valence-electron chi connectivity index (χ0n) is 11.9. The highest BCUT2D eigenvalue weighted by Gasteiger charge is 2.20. The summed E-state index contributed by atoms with van der Waals surface area (Å²) in [5, 5.41) is 0.702. The van der Waals surface area contributed by atoms with Crippen LogP contribution in [0.3, 0.4) is 0 Å². The molecule has 0 radical (unpaired) electrons. The van der Waals surface area contributed by atoms with Crippen molar-refractivity contribution in [1.29, 1.82) is 0 Å². The van der Waals surface area contributed by atoms with Gasteiger partial charge in [-0.15, -0.1) is 0 Å². The summed E-state index contributed by atoms with van der Waals surface area (Å²) in [6.07, 6.45) is 1.04. The molecule has 1 atom stereocenters. The van der Waals surface area contributed by atoms with Gasteiger partial charge in [-0.05, 0) is 24.6 Å². The van der Waals surface area contributed by atoms with E-state index in [0.717, 1.165) is 50.3 Å². The highest BCUT2D eigenvalue weighted by Crippen LogP contribution is 2.19. The second-order valence-corrected chi connectivity index (χ2v) is 5.75. The number of aldehydes is 1. The van der Waals surface area contributed by atoms with Crippen LogP contribution >= 0.6 is 11.6 Å². The van der Waals surface area contributed by atoms with E-state index >= 15 is 0 Å². The van der Waals surface area contributed by atoms with E-state index in [2.05, 4.69) is 16.4 Å². The number of carbonyl (C=O) groups excluding carboxylic acids is 1. The van der Waals surface area contributed by atoms with E-state index in [4.69, 9.17) is 11.6 Å². The van der Waals surface area contributed by atoms with Crippen LogP contribution in [0, 0.1) is 0 Å². The Morgan fingerprint density at radius 1 is 1.30 bits per heavy atom. The number of nitrogens with zero attached hydrogens (tertiary/aromatic N) is 2. The molecule has 1 saturated heterocycles. The zero-order valence-corrected chi connectivity index (χ0v) is 12.6. The number of rotatable bonds is 5. The van der Waals surface area contributed by atoms with E-state index in [1.807, 2.05) is 31.2 Å². The molecule has 0 aliphatic carbocycles. The van der Waals surface area contributed by atoms with Crippen molar-refractivity contribution < 1.29 is 4.79 Å². The number of allylic oxidation sites excluding steroid dienone is 1. The van der Waals surface area contributed by atoms with Gasteiger partial charge in [0.2, 0.25) is 0 Å². The van der Waals surface area contributed by atoms with Gasteiger partial charge < -0.3 is 9.69 Å². The molecule has 4 heteroatoms. The van der Waals surface area contributed by atoms with Crippen LogP contribution in [0.15, 0.2) is 36.5 Å². The van der Waals surface area contributed by atoms with Crippen LogP contribution in [-0.4, -0.2) is 48.8 Å². The predicted molar refractivity (Wildman–Crippen MR) is 83.1 cm³/mol. The van der Waals surface area contributed by atoms with Gasteiger partial charge in [0.05, 0.1) is 5.92 Å². The van der Waals surface area contributed by atoms with Crippen molar-refractivity contribution in [2.45, 2.75) is 12.8 Å². The fourth-order valence-electron chi connectivity index (χ4n) is 2.53. The molecule has 0 N–H and O–H groups in total. The predicted octanol–water partition coefficient (Wildman–Crippen LogP) is 2.77. The third-order valence-corrected chi connectivity index (χ3v) is 4.08. The molecule has 1 aliphatic rings. The third-order valence-electron chi connectivity index (χ3n) is 3.83. The van der Waals surface area contributed by atoms with E-state index in [1.165, 1.54) is 0 Å². The molecular formula is C16H21ClN2O. The minimum atomic E-state index is -0.0800. The Morgan fingerprint density at radius 2 is 1.90 bits per heavy atom. The minimum absolute atomic E-state index is 0.0800. The maximum absolute atomic E-state index is 11.4. The molecule has 0 unspecified atom stereocenters. The summed E-state index contributed by atoms with van der Waals surface area (Å²) < 4.78 is 0. The lowest BCUT2D eigenvalue weighted by molar-refractivity contribution is -0.109. The number of piperazine rings is 1. The lowest BCUT2D eigenvalue weighted by Gasteiger charge is -2.37. The molecule has 1 fully saturated rings. The molecule has 0 bridgehead atoms. The van der Waals surface area contributed by atoms with Gasteiger partial charge in [0.25, 0.3) is 0 Å². The molecule has 0 saturated carbocycles. The van der Waals surface area contributed by atoms with E-state index in [9.17, 15) is 4.79 Å². The van der Waals surface area contributed by atoms with Gasteiger partial charge in [0.1, 0.15) is 6.29 Å². The Morgan fingerprint density at radius 3 is 2.40 bits per heavy atom. The Bertz CT molecular complexity index is 464. The van der Waals surface area contributed by atoms with Gasteiger partial charge in [-0.1, -0.05) is 30.3 Å². The highest BCUT2D eigenvalue weighted by atomic mass is 35.5. The second kappa shape index (κ2) is 6.91. The van der Waals surface area contributed by atoms with Crippen molar-refractivity contribution in [3.05, 3.63) is 47.1 Å². The molecule has 1 heterocycles. The number of benzene rings is 1. The monoisotopic (exact) mass is 292 g/mol. The summed E-state index contributed by atoms with van der Waals surface area (Å²) in [5.74, 6) is -0.0800. The summed E-state index contributed by atoms with van der Waals surface area (Å²) in [5.41, 5.74) is 2.15. The quantitative estimate of drug-likeness (QED) is 0.780. The topological polar surface area (TPSA) is 23.6 Å². The van der Waals surface area contributed by atoms with Gasteiger partial charge in [0.15, 0.2) is 0 Å². The SMILES string of the molecule is C=C(C)N1CCN(C[C@@H](C=O)c2ccc(Cl)cc2)CC1. The van der Waals surface area contributed by atoms with Gasteiger partial charge in [-0.25, -0.2) is 0 Å². The van der Waals surface area contributed by atoms with E-state index in [-0.39, 0.29) is 5.92 Å². The molecule has 0 aromatic heterocycles. The first-order valence-corrected chi connectivity index (χ1v) is 7.31. The molecule has 0 amide bonds. The largest absolute Gasteiger partial charge is 0.373 e. The van der Waals surface area contributed by atoms with E-state index in [0.29, 0.717) is 5.02 Å². The van der Waals surface area contributed by atoms with Crippen molar-refractivity contribution in [2.75, 3.05) is 32.7 Å². The third kappa shape index (κ3) is 3.84. The first kappa shape index (κ1) is 15.1. The fourth-order valence-corrected chi connectivity index (χ4v) is 2.65. The number of hydrogen-bond acceptors (Lipinski definition) is 3. The smallest absolute Gasteiger partial charge is 0.128 e. The zero-order chi connectivity index (χ0) is 14.5. The van der Waals surface area contributed by atoms with Crippen LogP contribution in [0.25, 0.3) is 0 Å². The van der Waals surface area contributed by atoms with Crippen molar-refractivity contribution in [3.63, 3.8) is 0 Å². The maximum atomic E-state index is 11.4. The lowest BCUT2D eigenvalue weighted by Crippen LogP contribution is -2.46. The Balaban J connectivity index is 1.93. The summed E-state index contributed by atoms with van der Waals surface area (Å²) in [4.78, 5) is 16.0. The number of halogens is 1. The summed E-state index contributed by atoms with van der Waals surface area (Å²) >= 11 is 5.88. The molecule has 1 aromatic rings. The van der Waals surface area contributed by atoms with Crippen LogP contribution in [0.1, 0.15) is 18.4 Å². The summed E-state index contributed by atoms with van der Waals surface area (Å²) in [6, 6.07) is 7.55. The molecule has 0 spiro atoms. The molecule has 3 nitrogen and oxygen atoms in total. The number of hydrogen-bond donors (Lipinski definition) is 0. The normalized spacial score (nSPS) is 17.8. The van der Waals surface area contributed by atoms with Crippen molar-refractivity contribution >= 4 is 17.9 Å². The summed E-state index contributed by atoms with van der Waals surface area (Å²) in [7, 11) is 0. The van der Waals surface area contributed by atoms with Gasteiger partial charge in [-0.2, -0.15) is 0 Å². The average molecular weight is 293 g/mol. The molecule has 1 aliphatic heterocycles. The first-order valence-electron chi connectivity index (χ1n) is 6.93. The molecule has 2 rings (SSSR count). The van der Waals surface area contributed by atoms with Crippen LogP contribution in [0.4, 0.5) is 0 Å². The van der Waals surface area contributed by atoms with Gasteiger partial charge in [0, 0.05) is 43.4 Å². The van der Waals surface area contributed by atoms with Crippen LogP contribution in [0.2, 0.25) is 5.02 Å². The molecule has 108 valence electrons. The van der Waals surface area contributed by atoms with E-state index in [1.54, 1.807) is 0 Å². The minimum Gasteiger partial charge on any atom is -0.373 e. The molecular weight excluding hydrogens is 272 g/mol. The molecule has 1 aromatic carbocycles. The number of carbonyl (C=O) groups is 1. The van der Waals surface area contributed by atoms with Crippen molar-refractivity contribution in [3.8, 4) is 0 Å². The average Bonchev–Trinajstić information content (AvgIpc) is 2.46. The highest BCUT2D eigenvalue weighted by molar-refractivity contribution is 6.30. The second-order valence-electron chi connectivity index (χ2n) is 5.32. The van der Waals surface area contributed by atoms with Crippen LogP contribution in [-0.2, 0) is 4.79 Å². The van der Waals surface area contributed by atoms with Gasteiger partial charge >= 0.3 is 0 Å². The maximum Gasteiger partial charge on any atom is 0.128 e. The van der Waals surface area contributed by atoms with Crippen LogP contribution < -0.4 is 0 Å². The fraction of sp³-hybridized carbons (Fsp3) is 0.438. The Kier molecular flexibility index (Phi) is 5.21. The van der Waals surface area contributed by atoms with E-state index < -0.39 is 0 Å². The van der Waals surface area contributed by atoms with Crippen molar-refractivity contribution in [1.82, 2.24) is 9.80 Å². The lowest BCUT2D eigenvalue weighted by atomic mass is 10.00. The standard InChI is InChI=1S/C16H21ClN2O/c1-13(2)19-9-7-18(8-10-19)11-15(12-20)14-3-5-16(17)6-4-14/h3-6,12,15H,1,7-11H2,2H3/t15-/m0/s1. The first-order chi connectivity index (χ1) is 9.60. The Labute approximate surface area is 125 Å². The van der Waals surface area contributed by atoms with Gasteiger partial charge in [-0.3, -0.25) is 4.90 Å². The van der Waals surface area contributed by atoms with Crippen molar-refractivity contribution in [2.24, 2.45) is 0 Å².